The van der Waals surface area contributed by atoms with Crippen molar-refractivity contribution in [3.8, 4) is 0 Å². The number of hydrogen-bond donors (Lipinski definition) is 0. The van der Waals surface area contributed by atoms with Gasteiger partial charge >= 0.3 is 6.18 Å². The molecule has 2 saturated heterocycles. The van der Waals surface area contributed by atoms with E-state index in [4.69, 9.17) is 0 Å². The molecule has 0 spiro atoms. The normalized spacial score (nSPS) is 25.2. The third-order valence-electron chi connectivity index (χ3n) is 4.64. The fourth-order valence-corrected chi connectivity index (χ4v) is 3.67. The molecule has 23 heavy (non-hydrogen) atoms. The van der Waals surface area contributed by atoms with Crippen molar-refractivity contribution in [2.24, 2.45) is 0 Å². The highest BCUT2D eigenvalue weighted by atomic mass is 19.4. The first-order valence-corrected chi connectivity index (χ1v) is 7.82. The molecule has 2 fully saturated rings. The Morgan fingerprint density at radius 2 is 1.91 bits per heavy atom. The van der Waals surface area contributed by atoms with Crippen LogP contribution in [0.15, 0.2) is 12.3 Å². The molecule has 2 aliphatic rings. The zero-order chi connectivity index (χ0) is 16.6. The Balaban J connectivity index is 1.86. The van der Waals surface area contributed by atoms with Crippen molar-refractivity contribution < 1.29 is 18.0 Å². The lowest BCUT2D eigenvalue weighted by Gasteiger charge is -2.34. The molecule has 0 unspecified atom stereocenters. The third kappa shape index (κ3) is 3.11. The Labute approximate surface area is 132 Å². The zero-order valence-corrected chi connectivity index (χ0v) is 12.9. The fraction of sp³-hybridized carbons (Fsp3) is 0.667. The minimum absolute atomic E-state index is 0.00937. The molecular weight excluding hydrogens is 309 g/mol. The predicted molar refractivity (Wildman–Crippen MR) is 77.8 cm³/mol. The zero-order valence-electron chi connectivity index (χ0n) is 12.9. The van der Waals surface area contributed by atoms with E-state index in [0.29, 0.717) is 13.1 Å². The van der Waals surface area contributed by atoms with Crippen LogP contribution in [0.2, 0.25) is 0 Å². The van der Waals surface area contributed by atoms with Crippen molar-refractivity contribution in [3.05, 3.63) is 18.0 Å². The summed E-state index contributed by atoms with van der Waals surface area (Å²) >= 11 is 0. The summed E-state index contributed by atoms with van der Waals surface area (Å²) < 4.78 is 38.6. The van der Waals surface area contributed by atoms with Gasteiger partial charge in [-0.1, -0.05) is 0 Å². The minimum Gasteiger partial charge on any atom is -0.338 e. The summed E-state index contributed by atoms with van der Waals surface area (Å²) in [5.41, 5.74) is -0.928. The minimum atomic E-state index is -4.48. The average molecular weight is 328 g/mol. The molecular formula is C15H19F3N4O. The summed E-state index contributed by atoms with van der Waals surface area (Å²) in [6.07, 6.45) is 0.182. The van der Waals surface area contributed by atoms with Gasteiger partial charge in [-0.2, -0.15) is 13.2 Å². The molecule has 2 aliphatic heterocycles. The lowest BCUT2D eigenvalue weighted by atomic mass is 10.0. The van der Waals surface area contributed by atoms with Crippen LogP contribution in [0.3, 0.4) is 0 Å². The average Bonchev–Trinajstić information content (AvgIpc) is 3.15. The Bertz CT molecular complexity index is 592. The van der Waals surface area contributed by atoms with Crippen LogP contribution in [0.1, 0.15) is 38.3 Å². The molecule has 126 valence electrons. The maximum atomic E-state index is 12.9. The summed E-state index contributed by atoms with van der Waals surface area (Å²) in [7, 11) is 0. The molecule has 0 aliphatic carbocycles. The van der Waals surface area contributed by atoms with Crippen LogP contribution >= 0.6 is 0 Å². The number of carbonyl (C=O) groups is 1. The first-order chi connectivity index (χ1) is 10.9. The Hall–Kier alpha value is -1.86. The quantitative estimate of drug-likeness (QED) is 0.837. The topological polar surface area (TPSA) is 49.3 Å². The molecule has 1 aromatic rings. The smallest absolute Gasteiger partial charge is 0.338 e. The van der Waals surface area contributed by atoms with Gasteiger partial charge in [0.25, 0.3) is 0 Å². The maximum Gasteiger partial charge on any atom is 0.433 e. The van der Waals surface area contributed by atoms with Crippen molar-refractivity contribution in [1.82, 2.24) is 14.9 Å². The Morgan fingerprint density at radius 3 is 2.61 bits per heavy atom. The molecule has 0 saturated carbocycles. The van der Waals surface area contributed by atoms with E-state index in [1.54, 1.807) is 6.92 Å². The Morgan fingerprint density at radius 1 is 1.22 bits per heavy atom. The second-order valence-corrected chi connectivity index (χ2v) is 6.06. The van der Waals surface area contributed by atoms with Crippen LogP contribution < -0.4 is 4.90 Å². The SMILES string of the molecule is CC(=O)N1CCC[C@@H]1[C@H]1CCCN1c1nccc(C(F)(F)F)n1. The largest absolute Gasteiger partial charge is 0.433 e. The summed E-state index contributed by atoms with van der Waals surface area (Å²) in [6.45, 7) is 2.88. The van der Waals surface area contributed by atoms with Crippen LogP contribution in [0.25, 0.3) is 0 Å². The van der Waals surface area contributed by atoms with E-state index in [1.807, 2.05) is 9.80 Å². The molecule has 0 aromatic carbocycles. The first-order valence-electron chi connectivity index (χ1n) is 7.82. The van der Waals surface area contributed by atoms with Gasteiger partial charge in [0.2, 0.25) is 11.9 Å². The fourth-order valence-electron chi connectivity index (χ4n) is 3.67. The van der Waals surface area contributed by atoms with E-state index in [9.17, 15) is 18.0 Å². The van der Waals surface area contributed by atoms with Crippen LogP contribution in [-0.2, 0) is 11.0 Å². The molecule has 0 bridgehead atoms. The molecule has 2 atom stereocenters. The number of hydrogen-bond acceptors (Lipinski definition) is 4. The number of alkyl halides is 3. The second kappa shape index (κ2) is 5.98. The Kier molecular flexibility index (Phi) is 4.16. The van der Waals surface area contributed by atoms with Gasteiger partial charge in [0.1, 0.15) is 5.69 Å². The van der Waals surface area contributed by atoms with Crippen molar-refractivity contribution in [3.63, 3.8) is 0 Å². The van der Waals surface area contributed by atoms with Crippen LogP contribution in [-0.4, -0.2) is 45.9 Å². The van der Waals surface area contributed by atoms with E-state index in [-0.39, 0.29) is 23.9 Å². The van der Waals surface area contributed by atoms with E-state index in [2.05, 4.69) is 9.97 Å². The highest BCUT2D eigenvalue weighted by molar-refractivity contribution is 5.74. The van der Waals surface area contributed by atoms with Crippen LogP contribution in [0.4, 0.5) is 19.1 Å². The van der Waals surface area contributed by atoms with Gasteiger partial charge in [0, 0.05) is 26.2 Å². The summed E-state index contributed by atoms with van der Waals surface area (Å²) in [4.78, 5) is 23.2. The van der Waals surface area contributed by atoms with E-state index in [0.717, 1.165) is 37.9 Å². The number of rotatable bonds is 2. The van der Waals surface area contributed by atoms with Gasteiger partial charge in [-0.15, -0.1) is 0 Å². The molecule has 3 heterocycles. The number of anilines is 1. The molecule has 0 radical (unpaired) electrons. The van der Waals surface area contributed by atoms with Crippen molar-refractivity contribution >= 4 is 11.9 Å². The van der Waals surface area contributed by atoms with Gasteiger partial charge in [-0.3, -0.25) is 4.79 Å². The number of likely N-dealkylation sites (tertiary alicyclic amines) is 1. The van der Waals surface area contributed by atoms with Gasteiger partial charge in [-0.25, -0.2) is 9.97 Å². The number of aromatic nitrogens is 2. The van der Waals surface area contributed by atoms with Gasteiger partial charge in [0.05, 0.1) is 12.1 Å². The number of amides is 1. The van der Waals surface area contributed by atoms with Crippen LogP contribution in [0.5, 0.6) is 0 Å². The van der Waals surface area contributed by atoms with E-state index >= 15 is 0 Å². The number of carbonyl (C=O) groups excluding carboxylic acids is 1. The first kappa shape index (κ1) is 16.0. The number of nitrogens with zero attached hydrogens (tertiary/aromatic N) is 4. The van der Waals surface area contributed by atoms with Crippen molar-refractivity contribution in [1.29, 1.82) is 0 Å². The van der Waals surface area contributed by atoms with E-state index in [1.165, 1.54) is 0 Å². The highest BCUT2D eigenvalue weighted by Crippen LogP contribution is 2.33. The molecule has 3 rings (SSSR count). The van der Waals surface area contributed by atoms with Gasteiger partial charge in [0.15, 0.2) is 0 Å². The molecule has 8 heteroatoms. The van der Waals surface area contributed by atoms with E-state index < -0.39 is 11.9 Å². The standard InChI is InChI=1S/C15H19F3N4O/c1-10(23)21-8-2-4-11(21)12-5-3-9-22(12)14-19-7-6-13(20-14)15(16,17)18/h6-7,11-12H,2-5,8-9H2,1H3/t11-,12-/m1/s1. The lowest BCUT2D eigenvalue weighted by Crippen LogP contribution is -2.48. The number of halogens is 3. The maximum absolute atomic E-state index is 12.9. The van der Waals surface area contributed by atoms with Crippen molar-refractivity contribution in [2.75, 3.05) is 18.0 Å². The summed E-state index contributed by atoms with van der Waals surface area (Å²) in [6, 6.07) is 0.907. The highest BCUT2D eigenvalue weighted by Gasteiger charge is 2.40. The predicted octanol–water partition coefficient (Wildman–Crippen LogP) is 2.48. The molecule has 1 aromatic heterocycles. The lowest BCUT2D eigenvalue weighted by molar-refractivity contribution is -0.141. The summed E-state index contributed by atoms with van der Waals surface area (Å²) in [5, 5.41) is 0. The summed E-state index contributed by atoms with van der Waals surface area (Å²) in [5.74, 6) is 0.127. The molecule has 0 N–H and O–H groups in total. The third-order valence-corrected chi connectivity index (χ3v) is 4.64. The monoisotopic (exact) mass is 328 g/mol. The van der Waals surface area contributed by atoms with Gasteiger partial charge < -0.3 is 9.80 Å². The molecule has 1 amide bonds. The second-order valence-electron chi connectivity index (χ2n) is 6.06. The van der Waals surface area contributed by atoms with Gasteiger partial charge in [-0.05, 0) is 31.7 Å². The van der Waals surface area contributed by atoms with Crippen LogP contribution in [0, 0.1) is 0 Å². The van der Waals surface area contributed by atoms with Crippen molar-refractivity contribution in [2.45, 2.75) is 50.9 Å². The molecule has 5 nitrogen and oxygen atoms in total.